The number of thiophene rings is 1. The molecule has 0 bridgehead atoms. The zero-order valence-electron chi connectivity index (χ0n) is 8.97. The number of halogens is 1. The van der Waals surface area contributed by atoms with E-state index in [4.69, 9.17) is 0 Å². The van der Waals surface area contributed by atoms with E-state index in [0.717, 1.165) is 14.9 Å². The van der Waals surface area contributed by atoms with Crippen LogP contribution >= 0.6 is 27.3 Å². The summed E-state index contributed by atoms with van der Waals surface area (Å²) in [4.78, 5) is 12.5. The molecule has 1 heterocycles. The minimum atomic E-state index is -0.787. The molecule has 0 aliphatic heterocycles. The number of carboxylic acid groups (broad SMARTS) is 1. The monoisotopic (exact) mass is 310 g/mol. The van der Waals surface area contributed by atoms with E-state index in [1.54, 1.807) is 11.3 Å². The molecular weight excluding hydrogens is 300 g/mol. The van der Waals surface area contributed by atoms with Crippen LogP contribution < -0.4 is 0 Å². The van der Waals surface area contributed by atoms with Crippen molar-refractivity contribution in [1.29, 1.82) is 0 Å². The molecule has 1 aromatic carbocycles. The van der Waals surface area contributed by atoms with Crippen LogP contribution in [0, 0.1) is 0 Å². The van der Waals surface area contributed by atoms with Gasteiger partial charge in [-0.3, -0.25) is 4.79 Å². The van der Waals surface area contributed by atoms with Crippen molar-refractivity contribution in [2.45, 2.75) is 12.3 Å². The minimum absolute atomic E-state index is 0.496. The SMILES string of the molecule is O=C(O)C(Cc1cccs1)c1ccccc1Br. The molecule has 2 aromatic rings. The van der Waals surface area contributed by atoms with Crippen molar-refractivity contribution < 1.29 is 9.90 Å². The summed E-state index contributed by atoms with van der Waals surface area (Å²) in [5, 5.41) is 11.3. The summed E-state index contributed by atoms with van der Waals surface area (Å²) in [7, 11) is 0. The summed E-state index contributed by atoms with van der Waals surface area (Å²) in [5.41, 5.74) is 0.827. The third-order valence-electron chi connectivity index (χ3n) is 2.56. The molecule has 0 aliphatic rings. The lowest BCUT2D eigenvalue weighted by atomic mass is 9.95. The van der Waals surface area contributed by atoms with Crippen molar-refractivity contribution in [2.24, 2.45) is 0 Å². The number of hydrogen-bond donors (Lipinski definition) is 1. The van der Waals surface area contributed by atoms with E-state index in [-0.39, 0.29) is 0 Å². The Hall–Kier alpha value is -1.13. The van der Waals surface area contributed by atoms with Crippen LogP contribution in [0.15, 0.2) is 46.3 Å². The maximum atomic E-state index is 11.4. The normalized spacial score (nSPS) is 12.3. The Morgan fingerprint density at radius 2 is 2.06 bits per heavy atom. The Morgan fingerprint density at radius 3 is 2.65 bits per heavy atom. The molecule has 17 heavy (non-hydrogen) atoms. The molecule has 2 nitrogen and oxygen atoms in total. The summed E-state index contributed by atoms with van der Waals surface area (Å²) in [6.45, 7) is 0. The largest absolute Gasteiger partial charge is 0.481 e. The maximum Gasteiger partial charge on any atom is 0.311 e. The third-order valence-corrected chi connectivity index (χ3v) is 4.19. The predicted octanol–water partition coefficient (Wildman–Crippen LogP) is 3.92. The lowest BCUT2D eigenvalue weighted by Gasteiger charge is -2.13. The highest BCUT2D eigenvalue weighted by Crippen LogP contribution is 2.29. The highest BCUT2D eigenvalue weighted by Gasteiger charge is 2.22. The van der Waals surface area contributed by atoms with Gasteiger partial charge in [0, 0.05) is 9.35 Å². The molecule has 4 heteroatoms. The molecular formula is C13H11BrO2S. The first-order valence-electron chi connectivity index (χ1n) is 5.18. The molecule has 1 unspecified atom stereocenters. The topological polar surface area (TPSA) is 37.3 Å². The molecule has 1 aromatic heterocycles. The number of carbonyl (C=O) groups is 1. The van der Waals surface area contributed by atoms with Gasteiger partial charge in [0.1, 0.15) is 0 Å². The zero-order chi connectivity index (χ0) is 12.3. The van der Waals surface area contributed by atoms with E-state index in [1.807, 2.05) is 41.8 Å². The first kappa shape index (κ1) is 12.3. The highest BCUT2D eigenvalue weighted by molar-refractivity contribution is 9.10. The van der Waals surface area contributed by atoms with E-state index in [0.29, 0.717) is 6.42 Å². The van der Waals surface area contributed by atoms with Gasteiger partial charge in [0.25, 0.3) is 0 Å². The zero-order valence-corrected chi connectivity index (χ0v) is 11.4. The molecule has 0 saturated carbocycles. The fourth-order valence-electron chi connectivity index (χ4n) is 1.72. The van der Waals surface area contributed by atoms with Crippen molar-refractivity contribution in [2.75, 3.05) is 0 Å². The van der Waals surface area contributed by atoms with Crippen LogP contribution in [0.2, 0.25) is 0 Å². The van der Waals surface area contributed by atoms with Gasteiger partial charge in [-0.15, -0.1) is 11.3 Å². The smallest absolute Gasteiger partial charge is 0.311 e. The average Bonchev–Trinajstić information content (AvgIpc) is 2.79. The van der Waals surface area contributed by atoms with Crippen molar-refractivity contribution in [3.63, 3.8) is 0 Å². The second kappa shape index (κ2) is 5.47. The number of hydrogen-bond acceptors (Lipinski definition) is 2. The maximum absolute atomic E-state index is 11.4. The summed E-state index contributed by atoms with van der Waals surface area (Å²) < 4.78 is 0.851. The molecule has 1 atom stereocenters. The second-order valence-corrected chi connectivity index (χ2v) is 5.58. The minimum Gasteiger partial charge on any atom is -0.481 e. The summed E-state index contributed by atoms with van der Waals surface area (Å²) in [5.74, 6) is -1.28. The quantitative estimate of drug-likeness (QED) is 0.929. The summed E-state index contributed by atoms with van der Waals surface area (Å²) in [6.07, 6.45) is 0.537. The van der Waals surface area contributed by atoms with Crippen LogP contribution in [-0.2, 0) is 11.2 Å². The average molecular weight is 311 g/mol. The Morgan fingerprint density at radius 1 is 1.29 bits per heavy atom. The van der Waals surface area contributed by atoms with Gasteiger partial charge < -0.3 is 5.11 Å². The standard InChI is InChI=1S/C13H11BrO2S/c14-12-6-2-1-5-10(12)11(13(15)16)8-9-4-3-7-17-9/h1-7,11H,8H2,(H,15,16). The molecule has 0 amide bonds. The third kappa shape index (κ3) is 2.96. The van der Waals surface area contributed by atoms with Gasteiger partial charge in [-0.1, -0.05) is 40.2 Å². The van der Waals surface area contributed by atoms with E-state index < -0.39 is 11.9 Å². The summed E-state index contributed by atoms with van der Waals surface area (Å²) in [6, 6.07) is 11.4. The van der Waals surface area contributed by atoms with Crippen molar-refractivity contribution >= 4 is 33.2 Å². The Labute approximate surface area is 112 Å². The van der Waals surface area contributed by atoms with Gasteiger partial charge in [0.05, 0.1) is 5.92 Å². The van der Waals surface area contributed by atoms with Crippen LogP contribution in [0.4, 0.5) is 0 Å². The van der Waals surface area contributed by atoms with E-state index >= 15 is 0 Å². The molecule has 0 spiro atoms. The van der Waals surface area contributed by atoms with E-state index in [2.05, 4.69) is 15.9 Å². The van der Waals surface area contributed by atoms with E-state index in [1.165, 1.54) is 0 Å². The molecule has 2 rings (SSSR count). The van der Waals surface area contributed by atoms with Gasteiger partial charge in [0.15, 0.2) is 0 Å². The van der Waals surface area contributed by atoms with Crippen LogP contribution in [0.25, 0.3) is 0 Å². The first-order chi connectivity index (χ1) is 8.18. The Kier molecular flexibility index (Phi) is 3.97. The molecule has 1 N–H and O–H groups in total. The first-order valence-corrected chi connectivity index (χ1v) is 6.85. The summed E-state index contributed by atoms with van der Waals surface area (Å²) >= 11 is 5.00. The van der Waals surface area contributed by atoms with Gasteiger partial charge in [-0.2, -0.15) is 0 Å². The molecule has 0 aliphatic carbocycles. The number of carboxylic acids is 1. The van der Waals surface area contributed by atoms with Gasteiger partial charge in [-0.05, 0) is 29.5 Å². The highest BCUT2D eigenvalue weighted by atomic mass is 79.9. The Balaban J connectivity index is 2.30. The van der Waals surface area contributed by atoms with Crippen molar-refractivity contribution in [3.8, 4) is 0 Å². The van der Waals surface area contributed by atoms with E-state index in [9.17, 15) is 9.90 Å². The van der Waals surface area contributed by atoms with Crippen LogP contribution in [0.3, 0.4) is 0 Å². The fraction of sp³-hybridized carbons (Fsp3) is 0.154. The second-order valence-electron chi connectivity index (χ2n) is 3.70. The molecule has 88 valence electrons. The lowest BCUT2D eigenvalue weighted by Crippen LogP contribution is -2.14. The number of rotatable bonds is 4. The predicted molar refractivity (Wildman–Crippen MR) is 72.5 cm³/mol. The van der Waals surface area contributed by atoms with Crippen molar-refractivity contribution in [1.82, 2.24) is 0 Å². The molecule has 0 saturated heterocycles. The Bertz CT molecular complexity index is 508. The van der Waals surface area contributed by atoms with Gasteiger partial charge >= 0.3 is 5.97 Å². The van der Waals surface area contributed by atoms with Gasteiger partial charge in [-0.25, -0.2) is 0 Å². The van der Waals surface area contributed by atoms with Gasteiger partial charge in [0.2, 0.25) is 0 Å². The fourth-order valence-corrected chi connectivity index (χ4v) is 3.03. The number of benzene rings is 1. The van der Waals surface area contributed by atoms with Crippen molar-refractivity contribution in [3.05, 3.63) is 56.7 Å². The van der Waals surface area contributed by atoms with Crippen LogP contribution in [-0.4, -0.2) is 11.1 Å². The molecule has 0 radical (unpaired) electrons. The lowest BCUT2D eigenvalue weighted by molar-refractivity contribution is -0.138. The molecule has 0 fully saturated rings. The van der Waals surface area contributed by atoms with Crippen LogP contribution in [0.5, 0.6) is 0 Å². The van der Waals surface area contributed by atoms with Crippen LogP contribution in [0.1, 0.15) is 16.4 Å². The number of aliphatic carboxylic acids is 1.